The maximum Gasteiger partial charge on any atom is 0.225 e. The van der Waals surface area contributed by atoms with Gasteiger partial charge in [-0.3, -0.25) is 0 Å². The number of hydrogen-bond acceptors (Lipinski definition) is 7. The standard InChI is InChI=1S/C27H37N5O2/c1-5-34-25-16-20(12-15-24(25)33-4)18-28-17-19-10-13-21(14-11-19)29-27-30-23-9-7-6-8-22(23)26(31-27)32(2)3/h6-9,12,15-16,19,21,28H,5,10-11,13-14,17-18H2,1-4H3,(H,29,30,31)/t19-,21+. The molecule has 0 radical (unpaired) electrons. The second kappa shape index (κ2) is 11.4. The van der Waals surface area contributed by atoms with Crippen LogP contribution in [0.3, 0.4) is 0 Å². The smallest absolute Gasteiger partial charge is 0.225 e. The van der Waals surface area contributed by atoms with Crippen LogP contribution in [0.25, 0.3) is 10.9 Å². The molecule has 0 spiro atoms. The Morgan fingerprint density at radius 2 is 1.79 bits per heavy atom. The van der Waals surface area contributed by atoms with Crippen molar-refractivity contribution in [3.63, 3.8) is 0 Å². The Kier molecular flexibility index (Phi) is 8.06. The molecule has 0 amide bonds. The monoisotopic (exact) mass is 463 g/mol. The van der Waals surface area contributed by atoms with Crippen molar-refractivity contribution in [3.05, 3.63) is 48.0 Å². The number of benzene rings is 2. The molecule has 0 bridgehead atoms. The third-order valence-corrected chi connectivity index (χ3v) is 6.48. The lowest BCUT2D eigenvalue weighted by atomic mass is 9.86. The van der Waals surface area contributed by atoms with Crippen molar-refractivity contribution in [2.45, 2.75) is 45.2 Å². The third kappa shape index (κ3) is 5.89. The molecule has 4 rings (SSSR count). The van der Waals surface area contributed by atoms with Crippen molar-refractivity contribution >= 4 is 22.7 Å². The minimum atomic E-state index is 0.419. The fourth-order valence-corrected chi connectivity index (χ4v) is 4.68. The van der Waals surface area contributed by atoms with Gasteiger partial charge < -0.3 is 25.0 Å². The number of para-hydroxylation sites is 1. The number of methoxy groups -OCH3 is 1. The molecule has 0 saturated heterocycles. The van der Waals surface area contributed by atoms with E-state index in [1.165, 1.54) is 18.4 Å². The Morgan fingerprint density at radius 1 is 1.00 bits per heavy atom. The van der Waals surface area contributed by atoms with Gasteiger partial charge in [-0.1, -0.05) is 18.2 Å². The number of nitrogens with zero attached hydrogens (tertiary/aromatic N) is 3. The summed E-state index contributed by atoms with van der Waals surface area (Å²) in [5.41, 5.74) is 2.19. The number of ether oxygens (including phenoxy) is 2. The number of anilines is 2. The van der Waals surface area contributed by atoms with Crippen molar-refractivity contribution in [1.82, 2.24) is 15.3 Å². The molecule has 34 heavy (non-hydrogen) atoms. The molecule has 1 aliphatic carbocycles. The predicted molar refractivity (Wildman–Crippen MR) is 139 cm³/mol. The van der Waals surface area contributed by atoms with E-state index in [1.807, 2.05) is 39.2 Å². The minimum Gasteiger partial charge on any atom is -0.493 e. The summed E-state index contributed by atoms with van der Waals surface area (Å²) in [5, 5.41) is 8.32. The van der Waals surface area contributed by atoms with Crippen LogP contribution in [0.5, 0.6) is 11.5 Å². The molecule has 2 aromatic carbocycles. The van der Waals surface area contributed by atoms with Crippen LogP contribution in [-0.2, 0) is 6.54 Å². The average molecular weight is 464 g/mol. The van der Waals surface area contributed by atoms with E-state index in [0.717, 1.165) is 60.1 Å². The van der Waals surface area contributed by atoms with Crippen molar-refractivity contribution < 1.29 is 9.47 Å². The summed E-state index contributed by atoms with van der Waals surface area (Å²) in [5.74, 6) is 3.97. The quantitative estimate of drug-likeness (QED) is 0.445. The number of rotatable bonds is 10. The zero-order valence-corrected chi connectivity index (χ0v) is 20.8. The van der Waals surface area contributed by atoms with Crippen LogP contribution >= 0.6 is 0 Å². The molecule has 1 aliphatic rings. The van der Waals surface area contributed by atoms with Gasteiger partial charge in [-0.2, -0.15) is 4.98 Å². The van der Waals surface area contributed by atoms with E-state index in [2.05, 4.69) is 39.8 Å². The summed E-state index contributed by atoms with van der Waals surface area (Å²) in [6, 6.07) is 14.8. The second-order valence-corrected chi connectivity index (χ2v) is 9.19. The largest absolute Gasteiger partial charge is 0.493 e. The first-order valence-corrected chi connectivity index (χ1v) is 12.3. The van der Waals surface area contributed by atoms with Gasteiger partial charge >= 0.3 is 0 Å². The van der Waals surface area contributed by atoms with Gasteiger partial charge in [0.2, 0.25) is 5.95 Å². The third-order valence-electron chi connectivity index (χ3n) is 6.48. The lowest BCUT2D eigenvalue weighted by molar-refractivity contribution is 0.310. The second-order valence-electron chi connectivity index (χ2n) is 9.19. The maximum absolute atomic E-state index is 5.70. The molecule has 3 aromatic rings. The maximum atomic E-state index is 5.70. The number of hydrogen-bond donors (Lipinski definition) is 2. The minimum absolute atomic E-state index is 0.419. The van der Waals surface area contributed by atoms with Gasteiger partial charge in [-0.15, -0.1) is 0 Å². The summed E-state index contributed by atoms with van der Waals surface area (Å²) in [6.07, 6.45) is 4.67. The molecule has 1 saturated carbocycles. The molecule has 7 nitrogen and oxygen atoms in total. The van der Waals surface area contributed by atoms with Gasteiger partial charge in [-0.05, 0) is 74.9 Å². The molecular weight excluding hydrogens is 426 g/mol. The predicted octanol–water partition coefficient (Wildman–Crippen LogP) is 4.86. The Morgan fingerprint density at radius 3 is 2.53 bits per heavy atom. The average Bonchev–Trinajstić information content (AvgIpc) is 2.85. The van der Waals surface area contributed by atoms with Crippen molar-refractivity contribution in [3.8, 4) is 11.5 Å². The molecule has 182 valence electrons. The highest BCUT2D eigenvalue weighted by Crippen LogP contribution is 2.29. The SMILES string of the molecule is CCOc1cc(CNC[C@H]2CC[C@@H](Nc3nc(N(C)C)c4ccccc4n3)CC2)ccc1OC. The highest BCUT2D eigenvalue weighted by atomic mass is 16.5. The fourth-order valence-electron chi connectivity index (χ4n) is 4.68. The molecular formula is C27H37N5O2. The van der Waals surface area contributed by atoms with E-state index in [-0.39, 0.29) is 0 Å². The van der Waals surface area contributed by atoms with Gasteiger partial charge in [-0.25, -0.2) is 4.98 Å². The molecule has 7 heteroatoms. The van der Waals surface area contributed by atoms with Gasteiger partial charge in [0.1, 0.15) is 5.82 Å². The first-order chi connectivity index (χ1) is 16.6. The summed E-state index contributed by atoms with van der Waals surface area (Å²) >= 11 is 0. The highest BCUT2D eigenvalue weighted by molar-refractivity contribution is 5.90. The molecule has 0 aliphatic heterocycles. The van der Waals surface area contributed by atoms with Gasteiger partial charge in [0.05, 0.1) is 19.2 Å². The fraction of sp³-hybridized carbons (Fsp3) is 0.481. The first-order valence-electron chi connectivity index (χ1n) is 12.3. The molecule has 0 atom stereocenters. The topological polar surface area (TPSA) is 71.5 Å². The zero-order valence-electron chi connectivity index (χ0n) is 20.8. The Labute approximate surface area is 202 Å². The van der Waals surface area contributed by atoms with Crippen molar-refractivity contribution in [2.24, 2.45) is 5.92 Å². The van der Waals surface area contributed by atoms with Crippen molar-refractivity contribution in [1.29, 1.82) is 0 Å². The Hall–Kier alpha value is -3.06. The van der Waals surface area contributed by atoms with Crippen LogP contribution in [0.4, 0.5) is 11.8 Å². The van der Waals surface area contributed by atoms with Crippen LogP contribution in [0.15, 0.2) is 42.5 Å². The summed E-state index contributed by atoms with van der Waals surface area (Å²) in [4.78, 5) is 11.6. The lowest BCUT2D eigenvalue weighted by Gasteiger charge is -2.29. The summed E-state index contributed by atoms with van der Waals surface area (Å²) in [6.45, 7) is 4.48. The van der Waals surface area contributed by atoms with Crippen LogP contribution in [0, 0.1) is 5.92 Å². The van der Waals surface area contributed by atoms with Crippen LogP contribution in [0.2, 0.25) is 0 Å². The van der Waals surface area contributed by atoms with Crippen LogP contribution in [-0.4, -0.2) is 50.4 Å². The Bertz CT molecular complexity index is 1080. The van der Waals surface area contributed by atoms with Gasteiger partial charge in [0.25, 0.3) is 0 Å². The lowest BCUT2D eigenvalue weighted by Crippen LogP contribution is -2.31. The van der Waals surface area contributed by atoms with E-state index in [9.17, 15) is 0 Å². The number of fused-ring (bicyclic) bond motifs is 1. The molecule has 1 fully saturated rings. The number of aromatic nitrogens is 2. The highest BCUT2D eigenvalue weighted by Gasteiger charge is 2.22. The normalized spacial score (nSPS) is 18.0. The summed E-state index contributed by atoms with van der Waals surface area (Å²) < 4.78 is 11.1. The zero-order chi connectivity index (χ0) is 23.9. The molecule has 0 unspecified atom stereocenters. The molecule has 1 aromatic heterocycles. The van der Waals surface area contributed by atoms with E-state index in [4.69, 9.17) is 19.4 Å². The molecule has 2 N–H and O–H groups in total. The van der Waals surface area contributed by atoms with Crippen LogP contribution in [0.1, 0.15) is 38.2 Å². The van der Waals surface area contributed by atoms with E-state index in [0.29, 0.717) is 18.6 Å². The van der Waals surface area contributed by atoms with Gasteiger partial charge in [0, 0.05) is 32.1 Å². The van der Waals surface area contributed by atoms with Gasteiger partial charge in [0.15, 0.2) is 11.5 Å². The number of nitrogens with one attached hydrogen (secondary N) is 2. The first kappa shape index (κ1) is 24.1. The van der Waals surface area contributed by atoms with E-state index < -0.39 is 0 Å². The van der Waals surface area contributed by atoms with E-state index in [1.54, 1.807) is 7.11 Å². The van der Waals surface area contributed by atoms with E-state index >= 15 is 0 Å². The summed E-state index contributed by atoms with van der Waals surface area (Å²) in [7, 11) is 5.73. The molecule has 1 heterocycles. The Balaban J connectivity index is 1.27. The van der Waals surface area contributed by atoms with Crippen molar-refractivity contribution in [2.75, 3.05) is 44.6 Å². The van der Waals surface area contributed by atoms with Crippen LogP contribution < -0.4 is 25.0 Å².